The Morgan fingerprint density at radius 2 is 2.00 bits per heavy atom. The van der Waals surface area contributed by atoms with Crippen molar-refractivity contribution in [3.8, 4) is 0 Å². The van der Waals surface area contributed by atoms with E-state index in [1.165, 1.54) is 0 Å². The Morgan fingerprint density at radius 1 is 1.39 bits per heavy atom. The first-order valence-corrected chi connectivity index (χ1v) is 6.46. The summed E-state index contributed by atoms with van der Waals surface area (Å²) in [5, 5.41) is 28.0. The van der Waals surface area contributed by atoms with Crippen molar-refractivity contribution < 1.29 is 24.9 Å². The highest BCUT2D eigenvalue weighted by Crippen LogP contribution is 2.48. The van der Waals surface area contributed by atoms with Gasteiger partial charge < -0.3 is 20.1 Å². The maximum atomic E-state index is 10.9. The number of rotatable bonds is 4. The average molecular weight is 260 g/mol. The third kappa shape index (κ3) is 2.95. The molecule has 0 heterocycles. The van der Waals surface area contributed by atoms with Crippen molar-refractivity contribution in [1.82, 2.24) is 0 Å². The van der Waals surface area contributed by atoms with Crippen LogP contribution in [0.1, 0.15) is 46.5 Å². The predicted octanol–water partition coefficient (Wildman–Crippen LogP) is 2.01. The molecule has 0 saturated heterocycles. The first-order valence-electron chi connectivity index (χ1n) is 6.46. The second kappa shape index (κ2) is 5.45. The van der Waals surface area contributed by atoms with Gasteiger partial charge in [0.2, 0.25) is 0 Å². The molecule has 5 nitrogen and oxygen atoms in total. The van der Waals surface area contributed by atoms with Gasteiger partial charge in [-0.25, -0.2) is 4.79 Å². The van der Waals surface area contributed by atoms with Crippen LogP contribution in [0.25, 0.3) is 0 Å². The summed E-state index contributed by atoms with van der Waals surface area (Å²) >= 11 is 0. The summed E-state index contributed by atoms with van der Waals surface area (Å²) in [6.07, 6.45) is 0.129. The molecule has 18 heavy (non-hydrogen) atoms. The summed E-state index contributed by atoms with van der Waals surface area (Å²) in [5.41, 5.74) is -1.25. The minimum absolute atomic E-state index is 0.0795. The van der Waals surface area contributed by atoms with E-state index in [0.717, 1.165) is 12.8 Å². The molecule has 3 atom stereocenters. The van der Waals surface area contributed by atoms with Crippen molar-refractivity contribution in [1.29, 1.82) is 0 Å². The van der Waals surface area contributed by atoms with Gasteiger partial charge in [0.1, 0.15) is 11.7 Å². The fourth-order valence-electron chi connectivity index (χ4n) is 2.92. The Morgan fingerprint density at radius 3 is 2.44 bits per heavy atom. The smallest absolute Gasteiger partial charge is 0.450 e. The van der Waals surface area contributed by atoms with Crippen molar-refractivity contribution in [2.45, 2.75) is 58.2 Å². The first-order chi connectivity index (χ1) is 8.26. The lowest BCUT2D eigenvalue weighted by Crippen LogP contribution is -2.54. The number of hydrogen-bond acceptors (Lipinski definition) is 4. The summed E-state index contributed by atoms with van der Waals surface area (Å²) in [7, 11) is 0. The molecule has 0 aromatic rings. The van der Waals surface area contributed by atoms with Gasteiger partial charge in [-0.2, -0.15) is 0 Å². The van der Waals surface area contributed by atoms with Crippen LogP contribution in [-0.2, 0) is 4.74 Å². The number of carboxylic acid groups (broad SMARTS) is 1. The van der Waals surface area contributed by atoms with Gasteiger partial charge in [-0.05, 0) is 37.0 Å². The molecule has 5 heteroatoms. The number of ether oxygens (including phenoxy) is 1. The quantitative estimate of drug-likeness (QED) is 0.673. The number of aliphatic hydroxyl groups excluding tert-OH is 2. The van der Waals surface area contributed by atoms with Gasteiger partial charge in [0.25, 0.3) is 0 Å². The molecule has 0 aliphatic heterocycles. The molecule has 0 aromatic heterocycles. The molecule has 0 amide bonds. The highest BCUT2D eigenvalue weighted by atomic mass is 16.7. The van der Waals surface area contributed by atoms with E-state index >= 15 is 0 Å². The van der Waals surface area contributed by atoms with Crippen LogP contribution in [0.4, 0.5) is 4.79 Å². The van der Waals surface area contributed by atoms with Gasteiger partial charge in [0.15, 0.2) is 0 Å². The average Bonchev–Trinajstić information content (AvgIpc) is 2.26. The summed E-state index contributed by atoms with van der Waals surface area (Å²) in [4.78, 5) is 10.9. The van der Waals surface area contributed by atoms with Crippen LogP contribution in [0.2, 0.25) is 0 Å². The lowest BCUT2D eigenvalue weighted by atomic mass is 9.62. The lowest BCUT2D eigenvalue weighted by Gasteiger charge is -2.48. The molecule has 3 N–H and O–H groups in total. The van der Waals surface area contributed by atoms with Crippen molar-refractivity contribution in [3.05, 3.63) is 0 Å². The third-order valence-electron chi connectivity index (χ3n) is 4.52. The molecule has 1 fully saturated rings. The van der Waals surface area contributed by atoms with E-state index in [4.69, 9.17) is 14.9 Å². The van der Waals surface area contributed by atoms with Crippen molar-refractivity contribution >= 4 is 6.16 Å². The normalized spacial score (nSPS) is 34.3. The zero-order valence-electron chi connectivity index (χ0n) is 11.3. The van der Waals surface area contributed by atoms with Gasteiger partial charge in [0, 0.05) is 0 Å². The molecule has 1 aliphatic carbocycles. The summed E-state index contributed by atoms with van der Waals surface area (Å²) < 4.78 is 4.98. The Kier molecular flexibility index (Phi) is 4.61. The highest BCUT2D eigenvalue weighted by molar-refractivity contribution is 5.57. The fourth-order valence-corrected chi connectivity index (χ4v) is 2.92. The van der Waals surface area contributed by atoms with E-state index in [2.05, 4.69) is 20.8 Å². The van der Waals surface area contributed by atoms with Crippen molar-refractivity contribution in [3.63, 3.8) is 0 Å². The topological polar surface area (TPSA) is 87.0 Å². The second-order valence-corrected chi connectivity index (χ2v) is 5.97. The van der Waals surface area contributed by atoms with Gasteiger partial charge in [-0.1, -0.05) is 20.8 Å². The molecule has 1 aliphatic rings. The van der Waals surface area contributed by atoms with Crippen LogP contribution in [0, 0.1) is 11.3 Å². The zero-order valence-corrected chi connectivity index (χ0v) is 11.3. The minimum atomic E-state index is -1.39. The van der Waals surface area contributed by atoms with Crippen molar-refractivity contribution in [2.24, 2.45) is 11.3 Å². The van der Waals surface area contributed by atoms with Gasteiger partial charge in [0.05, 0.1) is 6.61 Å². The molecule has 1 rings (SSSR count). The molecular weight excluding hydrogens is 236 g/mol. The van der Waals surface area contributed by atoms with E-state index in [9.17, 15) is 9.90 Å². The van der Waals surface area contributed by atoms with Crippen LogP contribution in [0.3, 0.4) is 0 Å². The predicted molar refractivity (Wildman–Crippen MR) is 66.3 cm³/mol. The molecule has 0 spiro atoms. The van der Waals surface area contributed by atoms with Crippen LogP contribution < -0.4 is 0 Å². The second-order valence-electron chi connectivity index (χ2n) is 5.97. The molecule has 1 saturated carbocycles. The standard InChI is InChI=1S/C13H24O5/c1-9(2)12(3)5-4-6-13(8-12,10(15)7-14)18-11(16)17/h9-10,14-15H,4-8H2,1-3H3,(H,16,17)/t10-,12-,13-/m1/s1. The van der Waals surface area contributed by atoms with E-state index in [1.807, 2.05) is 0 Å². The maximum absolute atomic E-state index is 10.9. The van der Waals surface area contributed by atoms with Crippen LogP contribution >= 0.6 is 0 Å². The SMILES string of the molecule is CC(C)[C@]1(C)CCC[C@](OC(=O)O)([C@H](O)CO)C1. The van der Waals surface area contributed by atoms with E-state index in [1.54, 1.807) is 0 Å². The van der Waals surface area contributed by atoms with Gasteiger partial charge in [-0.15, -0.1) is 0 Å². The number of aliphatic hydroxyl groups is 2. The summed E-state index contributed by atoms with van der Waals surface area (Å²) in [6, 6.07) is 0. The largest absolute Gasteiger partial charge is 0.506 e. The van der Waals surface area contributed by atoms with E-state index in [0.29, 0.717) is 18.8 Å². The Balaban J connectivity index is 2.99. The van der Waals surface area contributed by atoms with Gasteiger partial charge >= 0.3 is 6.16 Å². The Hall–Kier alpha value is -0.810. The van der Waals surface area contributed by atoms with E-state index < -0.39 is 24.5 Å². The minimum Gasteiger partial charge on any atom is -0.450 e. The van der Waals surface area contributed by atoms with Gasteiger partial charge in [-0.3, -0.25) is 0 Å². The van der Waals surface area contributed by atoms with Crippen LogP contribution in [0.5, 0.6) is 0 Å². The van der Waals surface area contributed by atoms with Crippen LogP contribution in [-0.4, -0.2) is 39.8 Å². The third-order valence-corrected chi connectivity index (χ3v) is 4.52. The fraction of sp³-hybridized carbons (Fsp3) is 0.923. The lowest BCUT2D eigenvalue weighted by molar-refractivity contribution is -0.155. The monoisotopic (exact) mass is 260 g/mol. The molecule has 106 valence electrons. The number of carbonyl (C=O) groups is 1. The zero-order chi connectivity index (χ0) is 14.0. The molecular formula is C13H24O5. The summed E-state index contributed by atoms with van der Waals surface area (Å²) in [5.74, 6) is 0.362. The maximum Gasteiger partial charge on any atom is 0.506 e. The van der Waals surface area contributed by atoms with Crippen molar-refractivity contribution in [2.75, 3.05) is 6.61 Å². The summed E-state index contributed by atoms with van der Waals surface area (Å²) in [6.45, 7) is 5.77. The van der Waals surface area contributed by atoms with E-state index in [-0.39, 0.29) is 5.41 Å². The number of hydrogen-bond donors (Lipinski definition) is 3. The first kappa shape index (κ1) is 15.2. The van der Waals surface area contributed by atoms with Crippen LogP contribution in [0.15, 0.2) is 0 Å². The Bertz CT molecular complexity index is 304. The molecule has 0 radical (unpaired) electrons. The molecule has 0 bridgehead atoms. The highest BCUT2D eigenvalue weighted by Gasteiger charge is 2.50. The molecule has 0 aromatic carbocycles. The Labute approximate surface area is 108 Å². The molecule has 0 unspecified atom stereocenters.